The molecule has 0 atom stereocenters. The molecule has 2 rings (SSSR count). The first kappa shape index (κ1) is 10.9. The number of rotatable bonds is 3. The number of halogens is 1. The van der Waals surface area contributed by atoms with E-state index < -0.39 is 9.05 Å². The Balaban J connectivity index is 2.10. The molecule has 0 N–H and O–H groups in total. The highest BCUT2D eigenvalue weighted by Crippen LogP contribution is 2.24. The fourth-order valence-corrected chi connectivity index (χ4v) is 2.48. The van der Waals surface area contributed by atoms with Crippen LogP contribution in [-0.2, 0) is 19.5 Å². The fraction of sp³-hybridized carbons (Fsp3) is 0.400. The summed E-state index contributed by atoms with van der Waals surface area (Å²) in [4.78, 5) is 0. The summed E-state index contributed by atoms with van der Waals surface area (Å²) in [5.74, 6) is 0.349. The highest BCUT2D eigenvalue weighted by atomic mass is 35.7. The molecule has 1 aliphatic heterocycles. The van der Waals surface area contributed by atoms with Crippen molar-refractivity contribution < 1.29 is 13.2 Å². The van der Waals surface area contributed by atoms with Gasteiger partial charge < -0.3 is 4.74 Å². The number of ether oxygens (including phenoxy) is 1. The molecule has 1 aromatic carbocycles. The van der Waals surface area contributed by atoms with Crippen molar-refractivity contribution in [2.45, 2.75) is 11.7 Å². The maximum atomic E-state index is 10.8. The van der Waals surface area contributed by atoms with Crippen molar-refractivity contribution in [3.63, 3.8) is 0 Å². The van der Waals surface area contributed by atoms with Crippen LogP contribution in [0.25, 0.3) is 0 Å². The van der Waals surface area contributed by atoms with Crippen LogP contribution in [0.3, 0.4) is 0 Å². The van der Waals surface area contributed by atoms with Gasteiger partial charge in [0.25, 0.3) is 0 Å². The summed E-state index contributed by atoms with van der Waals surface area (Å²) < 4.78 is 26.7. The maximum Gasteiger partial charge on any atom is 0.236 e. The molecule has 0 spiro atoms. The molecule has 1 saturated heterocycles. The first-order chi connectivity index (χ1) is 7.04. The summed E-state index contributed by atoms with van der Waals surface area (Å²) in [6.07, 6.45) is 0. The Labute approximate surface area is 93.4 Å². The van der Waals surface area contributed by atoms with E-state index in [1.807, 2.05) is 12.1 Å². The van der Waals surface area contributed by atoms with E-state index in [4.69, 9.17) is 15.4 Å². The molecular formula is C10H11ClO3S. The lowest BCUT2D eigenvalue weighted by atomic mass is 9.97. The van der Waals surface area contributed by atoms with Crippen molar-refractivity contribution in [1.29, 1.82) is 0 Å². The topological polar surface area (TPSA) is 43.4 Å². The standard InChI is InChI=1S/C10H11ClO3S/c11-15(12,13)7-8-1-3-9(4-2-8)10-5-14-6-10/h1-4,10H,5-7H2. The molecule has 1 aliphatic rings. The van der Waals surface area contributed by atoms with Gasteiger partial charge in [0.1, 0.15) is 0 Å². The van der Waals surface area contributed by atoms with Gasteiger partial charge in [0.05, 0.1) is 19.0 Å². The van der Waals surface area contributed by atoms with Crippen molar-refractivity contribution in [2.24, 2.45) is 0 Å². The second-order valence-electron chi connectivity index (χ2n) is 3.66. The van der Waals surface area contributed by atoms with Crippen LogP contribution in [0.15, 0.2) is 24.3 Å². The van der Waals surface area contributed by atoms with Gasteiger partial charge in [0, 0.05) is 16.6 Å². The minimum Gasteiger partial charge on any atom is -0.380 e. The van der Waals surface area contributed by atoms with E-state index in [1.165, 1.54) is 5.56 Å². The Hall–Kier alpha value is -0.580. The van der Waals surface area contributed by atoms with E-state index in [-0.39, 0.29) is 5.75 Å². The Morgan fingerprint density at radius 3 is 2.27 bits per heavy atom. The van der Waals surface area contributed by atoms with E-state index in [0.29, 0.717) is 11.5 Å². The maximum absolute atomic E-state index is 10.8. The van der Waals surface area contributed by atoms with Crippen molar-refractivity contribution in [3.05, 3.63) is 35.4 Å². The third-order valence-corrected chi connectivity index (χ3v) is 3.43. The molecule has 0 aliphatic carbocycles. The van der Waals surface area contributed by atoms with E-state index in [0.717, 1.165) is 13.2 Å². The largest absolute Gasteiger partial charge is 0.380 e. The van der Waals surface area contributed by atoms with Gasteiger partial charge in [0.2, 0.25) is 9.05 Å². The lowest BCUT2D eigenvalue weighted by Crippen LogP contribution is -2.24. The zero-order valence-corrected chi connectivity index (χ0v) is 9.59. The van der Waals surface area contributed by atoms with Crippen molar-refractivity contribution in [2.75, 3.05) is 13.2 Å². The molecule has 0 saturated carbocycles. The third kappa shape index (κ3) is 2.93. The fourth-order valence-electron chi connectivity index (χ4n) is 1.51. The van der Waals surface area contributed by atoms with Crippen LogP contribution >= 0.6 is 10.7 Å². The van der Waals surface area contributed by atoms with Gasteiger partial charge in [0.15, 0.2) is 0 Å². The van der Waals surface area contributed by atoms with Crippen LogP contribution in [0.5, 0.6) is 0 Å². The van der Waals surface area contributed by atoms with Gasteiger partial charge in [-0.1, -0.05) is 24.3 Å². The lowest BCUT2D eigenvalue weighted by Gasteiger charge is -2.26. The Morgan fingerprint density at radius 2 is 1.87 bits per heavy atom. The Bertz CT molecular complexity index is 434. The SMILES string of the molecule is O=S(=O)(Cl)Cc1ccc(C2COC2)cc1. The quantitative estimate of drug-likeness (QED) is 0.765. The van der Waals surface area contributed by atoms with Crippen LogP contribution in [0.4, 0.5) is 0 Å². The second kappa shape index (κ2) is 4.12. The molecule has 0 bridgehead atoms. The van der Waals surface area contributed by atoms with E-state index in [9.17, 15) is 8.42 Å². The summed E-state index contributed by atoms with van der Waals surface area (Å²) in [5, 5.41) is 0. The first-order valence-corrected chi connectivity index (χ1v) is 7.11. The van der Waals surface area contributed by atoms with Crippen molar-refractivity contribution in [1.82, 2.24) is 0 Å². The molecule has 0 amide bonds. The second-order valence-corrected chi connectivity index (χ2v) is 6.44. The molecule has 5 heteroatoms. The van der Waals surface area contributed by atoms with Gasteiger partial charge in [-0.25, -0.2) is 8.42 Å². The molecule has 1 heterocycles. The minimum atomic E-state index is -3.45. The summed E-state index contributed by atoms with van der Waals surface area (Å²) in [6.45, 7) is 1.51. The average molecular weight is 247 g/mol. The van der Waals surface area contributed by atoms with Crippen LogP contribution < -0.4 is 0 Å². The summed E-state index contributed by atoms with van der Waals surface area (Å²) in [5.41, 5.74) is 1.91. The summed E-state index contributed by atoms with van der Waals surface area (Å²) >= 11 is 0. The van der Waals surface area contributed by atoms with Crippen LogP contribution in [-0.4, -0.2) is 21.6 Å². The normalized spacial score (nSPS) is 17.4. The summed E-state index contributed by atoms with van der Waals surface area (Å²) in [6, 6.07) is 7.47. The molecular weight excluding hydrogens is 236 g/mol. The molecule has 82 valence electrons. The Morgan fingerprint density at radius 1 is 1.27 bits per heavy atom. The zero-order valence-electron chi connectivity index (χ0n) is 8.02. The molecule has 0 radical (unpaired) electrons. The van der Waals surface area contributed by atoms with Gasteiger partial charge in [-0.15, -0.1) is 0 Å². The van der Waals surface area contributed by atoms with E-state index in [1.54, 1.807) is 12.1 Å². The van der Waals surface area contributed by atoms with Gasteiger partial charge >= 0.3 is 0 Å². The first-order valence-electron chi connectivity index (χ1n) is 4.63. The molecule has 0 unspecified atom stereocenters. The predicted octanol–water partition coefficient (Wildman–Crippen LogP) is 1.87. The molecule has 1 aromatic rings. The van der Waals surface area contributed by atoms with Gasteiger partial charge in [-0.3, -0.25) is 0 Å². The highest BCUT2D eigenvalue weighted by Gasteiger charge is 2.20. The average Bonchev–Trinajstić information content (AvgIpc) is 2.02. The lowest BCUT2D eigenvalue weighted by molar-refractivity contribution is 0.00842. The number of hydrogen-bond donors (Lipinski definition) is 0. The van der Waals surface area contributed by atoms with Gasteiger partial charge in [-0.2, -0.15) is 0 Å². The monoisotopic (exact) mass is 246 g/mol. The minimum absolute atomic E-state index is 0.115. The molecule has 3 nitrogen and oxygen atoms in total. The molecule has 15 heavy (non-hydrogen) atoms. The predicted molar refractivity (Wildman–Crippen MR) is 58.5 cm³/mol. The number of benzene rings is 1. The van der Waals surface area contributed by atoms with Gasteiger partial charge in [-0.05, 0) is 11.1 Å². The molecule has 0 aromatic heterocycles. The smallest absolute Gasteiger partial charge is 0.236 e. The van der Waals surface area contributed by atoms with Crippen LogP contribution in [0, 0.1) is 0 Å². The zero-order chi connectivity index (χ0) is 10.9. The van der Waals surface area contributed by atoms with Crippen LogP contribution in [0.2, 0.25) is 0 Å². The highest BCUT2D eigenvalue weighted by molar-refractivity contribution is 8.13. The molecule has 1 fully saturated rings. The third-order valence-electron chi connectivity index (χ3n) is 2.43. The number of hydrogen-bond acceptors (Lipinski definition) is 3. The Kier molecular flexibility index (Phi) is 3.00. The van der Waals surface area contributed by atoms with Crippen molar-refractivity contribution in [3.8, 4) is 0 Å². The van der Waals surface area contributed by atoms with E-state index >= 15 is 0 Å². The van der Waals surface area contributed by atoms with Crippen LogP contribution in [0.1, 0.15) is 17.0 Å². The van der Waals surface area contributed by atoms with Crippen molar-refractivity contribution >= 4 is 19.7 Å². The summed E-state index contributed by atoms with van der Waals surface area (Å²) in [7, 11) is 1.71. The van der Waals surface area contributed by atoms with E-state index in [2.05, 4.69) is 0 Å².